The molecule has 1 N–H and O–H groups in total. The molecular formula is C13H14FNO2. The third-order valence-electron chi connectivity index (χ3n) is 2.15. The molecule has 0 unspecified atom stereocenters. The maximum atomic E-state index is 13.2. The maximum absolute atomic E-state index is 13.2. The van der Waals surface area contributed by atoms with Crippen LogP contribution in [0.3, 0.4) is 0 Å². The Morgan fingerprint density at radius 3 is 2.82 bits per heavy atom. The molecule has 1 rings (SSSR count). The van der Waals surface area contributed by atoms with Crippen LogP contribution in [0.25, 0.3) is 6.08 Å². The summed E-state index contributed by atoms with van der Waals surface area (Å²) in [5, 5.41) is 2.65. The van der Waals surface area contributed by atoms with Gasteiger partial charge in [0.05, 0.1) is 5.56 Å². The summed E-state index contributed by atoms with van der Waals surface area (Å²) >= 11 is 0. The minimum Gasteiger partial charge on any atom is -0.356 e. The molecule has 0 heterocycles. The fraction of sp³-hybridized carbons (Fsp3) is 0.231. The van der Waals surface area contributed by atoms with Crippen LogP contribution in [0, 0.1) is 5.82 Å². The van der Waals surface area contributed by atoms with Gasteiger partial charge in [-0.25, -0.2) is 4.39 Å². The zero-order valence-corrected chi connectivity index (χ0v) is 9.57. The molecule has 1 amide bonds. The van der Waals surface area contributed by atoms with Crippen LogP contribution >= 0.6 is 0 Å². The van der Waals surface area contributed by atoms with Crippen LogP contribution in [0.1, 0.15) is 29.3 Å². The standard InChI is InChI=1S/C13H14FNO2/c1-10(17)15-7-3-2-4-11-5-6-12(9-16)13(14)8-11/h2,4-6,8-9H,3,7H2,1H3,(H,15,17). The molecule has 0 fully saturated rings. The summed E-state index contributed by atoms with van der Waals surface area (Å²) in [5.41, 5.74) is 0.747. The molecule has 4 heteroatoms. The van der Waals surface area contributed by atoms with Crippen molar-refractivity contribution in [3.05, 3.63) is 41.2 Å². The molecule has 1 aromatic carbocycles. The monoisotopic (exact) mass is 235 g/mol. The van der Waals surface area contributed by atoms with E-state index in [1.54, 1.807) is 12.1 Å². The van der Waals surface area contributed by atoms with E-state index in [1.165, 1.54) is 19.1 Å². The summed E-state index contributed by atoms with van der Waals surface area (Å²) in [5.74, 6) is -0.594. The first-order valence-corrected chi connectivity index (χ1v) is 5.29. The molecular weight excluding hydrogens is 221 g/mol. The molecule has 0 aliphatic heterocycles. The first kappa shape index (κ1) is 13.1. The van der Waals surface area contributed by atoms with Crippen molar-refractivity contribution in [2.45, 2.75) is 13.3 Å². The van der Waals surface area contributed by atoms with E-state index in [1.807, 2.05) is 6.08 Å². The second kappa shape index (κ2) is 6.58. The second-order valence-corrected chi connectivity index (χ2v) is 3.57. The number of hydrogen-bond donors (Lipinski definition) is 1. The predicted molar refractivity (Wildman–Crippen MR) is 64.1 cm³/mol. The smallest absolute Gasteiger partial charge is 0.216 e. The Bertz CT molecular complexity index is 441. The Balaban J connectivity index is 2.51. The van der Waals surface area contributed by atoms with Crippen molar-refractivity contribution >= 4 is 18.3 Å². The molecule has 0 radical (unpaired) electrons. The van der Waals surface area contributed by atoms with Gasteiger partial charge in [0.25, 0.3) is 0 Å². The zero-order chi connectivity index (χ0) is 12.7. The average molecular weight is 235 g/mol. The van der Waals surface area contributed by atoms with Crippen molar-refractivity contribution in [3.63, 3.8) is 0 Å². The lowest BCUT2D eigenvalue weighted by Gasteiger charge is -1.98. The molecule has 0 atom stereocenters. The summed E-state index contributed by atoms with van der Waals surface area (Å²) in [4.78, 5) is 21.0. The molecule has 0 aliphatic carbocycles. The van der Waals surface area contributed by atoms with Crippen LogP contribution in [0.4, 0.5) is 4.39 Å². The van der Waals surface area contributed by atoms with Crippen molar-refractivity contribution in [3.8, 4) is 0 Å². The molecule has 0 aromatic heterocycles. The fourth-order valence-electron chi connectivity index (χ4n) is 1.29. The zero-order valence-electron chi connectivity index (χ0n) is 9.57. The highest BCUT2D eigenvalue weighted by Crippen LogP contribution is 2.10. The number of aldehydes is 1. The van der Waals surface area contributed by atoms with E-state index in [2.05, 4.69) is 5.32 Å². The van der Waals surface area contributed by atoms with E-state index in [0.29, 0.717) is 24.8 Å². The van der Waals surface area contributed by atoms with Gasteiger partial charge in [-0.2, -0.15) is 0 Å². The molecule has 90 valence electrons. The molecule has 3 nitrogen and oxygen atoms in total. The topological polar surface area (TPSA) is 46.2 Å². The molecule has 0 saturated heterocycles. The van der Waals surface area contributed by atoms with Gasteiger partial charge >= 0.3 is 0 Å². The van der Waals surface area contributed by atoms with Crippen molar-refractivity contribution in [2.75, 3.05) is 6.54 Å². The van der Waals surface area contributed by atoms with Gasteiger partial charge in [-0.3, -0.25) is 9.59 Å². The van der Waals surface area contributed by atoms with Crippen molar-refractivity contribution in [1.29, 1.82) is 0 Å². The van der Waals surface area contributed by atoms with Crippen molar-refractivity contribution < 1.29 is 14.0 Å². The Morgan fingerprint density at radius 2 is 2.24 bits per heavy atom. The quantitative estimate of drug-likeness (QED) is 0.628. The summed E-state index contributed by atoms with van der Waals surface area (Å²) in [6.07, 6.45) is 4.75. The third-order valence-corrected chi connectivity index (χ3v) is 2.15. The Hall–Kier alpha value is -1.97. The molecule has 1 aromatic rings. The number of nitrogens with one attached hydrogen (secondary N) is 1. The van der Waals surface area contributed by atoms with Gasteiger partial charge in [0.1, 0.15) is 5.82 Å². The summed E-state index contributed by atoms with van der Waals surface area (Å²) in [6.45, 7) is 2.01. The molecule has 0 spiro atoms. The number of amides is 1. The first-order valence-electron chi connectivity index (χ1n) is 5.29. The number of halogens is 1. The van der Waals surface area contributed by atoms with E-state index in [9.17, 15) is 14.0 Å². The van der Waals surface area contributed by atoms with Crippen LogP contribution in [0.2, 0.25) is 0 Å². The predicted octanol–water partition coefficient (Wildman–Crippen LogP) is 2.18. The Labute approximate surface area is 99.3 Å². The summed E-state index contributed by atoms with van der Waals surface area (Å²) < 4.78 is 13.2. The number of benzene rings is 1. The molecule has 0 aliphatic rings. The number of carbonyl (C=O) groups is 2. The number of carbonyl (C=O) groups excluding carboxylic acids is 2. The van der Waals surface area contributed by atoms with Crippen LogP contribution in [0.15, 0.2) is 24.3 Å². The van der Waals surface area contributed by atoms with E-state index in [0.717, 1.165) is 0 Å². The lowest BCUT2D eigenvalue weighted by atomic mass is 10.1. The highest BCUT2D eigenvalue weighted by molar-refractivity contribution is 5.75. The fourth-order valence-corrected chi connectivity index (χ4v) is 1.29. The Kier molecular flexibility index (Phi) is 5.07. The minimum atomic E-state index is -0.524. The summed E-state index contributed by atoms with van der Waals surface area (Å²) in [7, 11) is 0. The second-order valence-electron chi connectivity index (χ2n) is 3.57. The van der Waals surface area contributed by atoms with Crippen molar-refractivity contribution in [2.24, 2.45) is 0 Å². The summed E-state index contributed by atoms with van der Waals surface area (Å²) in [6, 6.07) is 4.41. The molecule has 0 saturated carbocycles. The maximum Gasteiger partial charge on any atom is 0.216 e. The Morgan fingerprint density at radius 1 is 1.47 bits per heavy atom. The van der Waals surface area contributed by atoms with Gasteiger partial charge in [0, 0.05) is 13.5 Å². The minimum absolute atomic E-state index is 0.0559. The average Bonchev–Trinajstić information content (AvgIpc) is 2.28. The van der Waals surface area contributed by atoms with E-state index < -0.39 is 5.82 Å². The SMILES string of the molecule is CC(=O)NCCC=Cc1ccc(C=O)c(F)c1. The first-order chi connectivity index (χ1) is 8.13. The highest BCUT2D eigenvalue weighted by Gasteiger charge is 1.99. The lowest BCUT2D eigenvalue weighted by Crippen LogP contribution is -2.20. The van der Waals surface area contributed by atoms with Crippen LogP contribution in [-0.4, -0.2) is 18.7 Å². The third kappa shape index (κ3) is 4.59. The van der Waals surface area contributed by atoms with E-state index >= 15 is 0 Å². The van der Waals surface area contributed by atoms with Gasteiger partial charge in [0.15, 0.2) is 6.29 Å². The highest BCUT2D eigenvalue weighted by atomic mass is 19.1. The number of rotatable bonds is 5. The van der Waals surface area contributed by atoms with Crippen LogP contribution < -0.4 is 5.32 Å². The van der Waals surface area contributed by atoms with Crippen LogP contribution in [-0.2, 0) is 4.79 Å². The van der Waals surface area contributed by atoms with E-state index in [-0.39, 0.29) is 11.5 Å². The van der Waals surface area contributed by atoms with Gasteiger partial charge in [-0.15, -0.1) is 0 Å². The normalized spacial score (nSPS) is 10.5. The van der Waals surface area contributed by atoms with Crippen molar-refractivity contribution in [1.82, 2.24) is 5.32 Å². The van der Waals surface area contributed by atoms with Gasteiger partial charge in [-0.05, 0) is 24.1 Å². The van der Waals surface area contributed by atoms with Gasteiger partial charge in [-0.1, -0.05) is 18.2 Å². The van der Waals surface area contributed by atoms with Gasteiger partial charge < -0.3 is 5.32 Å². The number of hydrogen-bond acceptors (Lipinski definition) is 2. The molecule has 0 bridgehead atoms. The largest absolute Gasteiger partial charge is 0.356 e. The lowest BCUT2D eigenvalue weighted by molar-refractivity contribution is -0.118. The van der Waals surface area contributed by atoms with E-state index in [4.69, 9.17) is 0 Å². The van der Waals surface area contributed by atoms with Gasteiger partial charge in [0.2, 0.25) is 5.91 Å². The van der Waals surface area contributed by atoms with Crippen LogP contribution in [0.5, 0.6) is 0 Å². The molecule has 17 heavy (non-hydrogen) atoms.